The van der Waals surface area contributed by atoms with Crippen LogP contribution in [0.3, 0.4) is 0 Å². The lowest BCUT2D eigenvalue weighted by molar-refractivity contribution is -0.497. The summed E-state index contributed by atoms with van der Waals surface area (Å²) in [7, 11) is 0. The summed E-state index contributed by atoms with van der Waals surface area (Å²) < 4.78 is 0. The van der Waals surface area contributed by atoms with Crippen LogP contribution in [0, 0.1) is 0 Å². The monoisotopic (exact) mass is 201 g/mol. The highest BCUT2D eigenvalue weighted by atomic mass is 14.9. The van der Waals surface area contributed by atoms with Crippen molar-refractivity contribution in [2.24, 2.45) is 4.99 Å². The van der Waals surface area contributed by atoms with Crippen LogP contribution in [0.4, 0.5) is 5.69 Å². The smallest absolute Gasteiger partial charge is 0.137 e. The molecule has 0 unspecified atom stereocenters. The van der Waals surface area contributed by atoms with E-state index in [9.17, 15) is 0 Å². The van der Waals surface area contributed by atoms with Crippen molar-refractivity contribution in [1.29, 1.82) is 0 Å². The van der Waals surface area contributed by atoms with Gasteiger partial charge in [0.15, 0.2) is 0 Å². The summed E-state index contributed by atoms with van der Waals surface area (Å²) in [6.45, 7) is 5.31. The van der Waals surface area contributed by atoms with E-state index in [2.05, 4.69) is 48.4 Å². The Morgan fingerprint density at radius 1 is 1.27 bits per heavy atom. The van der Waals surface area contributed by atoms with Gasteiger partial charge in [-0.2, -0.15) is 0 Å². The minimum atomic E-state index is 0.107. The van der Waals surface area contributed by atoms with Gasteiger partial charge in [-0.25, -0.2) is 0 Å². The molecule has 1 aliphatic rings. The summed E-state index contributed by atoms with van der Waals surface area (Å²) in [4.78, 5) is 4.41. The van der Waals surface area contributed by atoms with Crippen LogP contribution >= 0.6 is 0 Å². The first-order valence-electron chi connectivity index (χ1n) is 5.29. The van der Waals surface area contributed by atoms with Crippen molar-refractivity contribution in [2.45, 2.75) is 19.3 Å². The second-order valence-electron chi connectivity index (χ2n) is 4.51. The molecule has 0 fully saturated rings. The molecule has 0 aromatic heterocycles. The van der Waals surface area contributed by atoms with E-state index in [0.29, 0.717) is 0 Å². The lowest BCUT2D eigenvalue weighted by Gasteiger charge is -2.23. The maximum absolute atomic E-state index is 4.41. The van der Waals surface area contributed by atoms with Crippen LogP contribution in [-0.2, 0) is 5.41 Å². The highest BCUT2D eigenvalue weighted by Crippen LogP contribution is 2.27. The van der Waals surface area contributed by atoms with Gasteiger partial charge in [0.2, 0.25) is 0 Å². The van der Waals surface area contributed by atoms with E-state index >= 15 is 0 Å². The number of hydrogen-bond acceptors (Lipinski definition) is 1. The van der Waals surface area contributed by atoms with Crippen LogP contribution in [0.2, 0.25) is 0 Å². The number of hydrogen-bond donors (Lipinski definition) is 1. The molecule has 0 spiro atoms. The van der Waals surface area contributed by atoms with Gasteiger partial charge in [0, 0.05) is 29.8 Å². The number of nitrogens with two attached hydrogens (primary N) is 1. The minimum absolute atomic E-state index is 0.107. The fourth-order valence-electron chi connectivity index (χ4n) is 1.89. The quantitative estimate of drug-likeness (QED) is 0.620. The van der Waals surface area contributed by atoms with Crippen molar-refractivity contribution in [2.75, 3.05) is 6.54 Å². The van der Waals surface area contributed by atoms with Crippen LogP contribution in [-0.4, -0.2) is 12.8 Å². The topological polar surface area (TPSA) is 29.0 Å². The van der Waals surface area contributed by atoms with Gasteiger partial charge in [-0.15, -0.1) is 0 Å². The molecule has 1 aliphatic heterocycles. The lowest BCUT2D eigenvalue weighted by atomic mass is 9.83. The van der Waals surface area contributed by atoms with Gasteiger partial charge in [-0.3, -0.25) is 10.3 Å². The zero-order valence-electron chi connectivity index (χ0n) is 9.27. The van der Waals surface area contributed by atoms with Gasteiger partial charge in [0.25, 0.3) is 0 Å². The van der Waals surface area contributed by atoms with E-state index in [4.69, 9.17) is 0 Å². The number of fused-ring (bicyclic) bond motifs is 1. The van der Waals surface area contributed by atoms with Crippen LogP contribution in [0.1, 0.15) is 19.4 Å². The second-order valence-corrected chi connectivity index (χ2v) is 4.51. The Labute approximate surface area is 90.7 Å². The molecule has 0 atom stereocenters. The predicted octanol–water partition coefficient (Wildman–Crippen LogP) is 1.76. The zero-order chi connectivity index (χ0) is 10.7. The van der Waals surface area contributed by atoms with Crippen molar-refractivity contribution in [3.8, 4) is 0 Å². The number of quaternary nitrogens is 1. The number of nitrogens with zero attached hydrogens (tertiary/aromatic N) is 1. The van der Waals surface area contributed by atoms with Gasteiger partial charge < -0.3 is 0 Å². The average molecular weight is 201 g/mol. The summed E-state index contributed by atoms with van der Waals surface area (Å²) in [6, 6.07) is 8.53. The number of rotatable bonds is 0. The molecule has 1 heterocycles. The largest absolute Gasteiger partial charge is 0.292 e. The molecule has 2 nitrogen and oxygen atoms in total. The highest BCUT2D eigenvalue weighted by Gasteiger charge is 2.24. The molecule has 1 aromatic rings. The minimum Gasteiger partial charge on any atom is -0.292 e. The van der Waals surface area contributed by atoms with Crippen LogP contribution in [0.25, 0.3) is 0 Å². The SMILES string of the molecule is CC1(C)CN=C/C=C\[NH2+]c2ccccc21. The predicted molar refractivity (Wildman–Crippen MR) is 63.6 cm³/mol. The lowest BCUT2D eigenvalue weighted by Crippen LogP contribution is -2.71. The van der Waals surface area contributed by atoms with Crippen molar-refractivity contribution >= 4 is 11.9 Å². The van der Waals surface area contributed by atoms with E-state index in [-0.39, 0.29) is 5.41 Å². The molecule has 0 radical (unpaired) electrons. The summed E-state index contributed by atoms with van der Waals surface area (Å²) in [5, 5.41) is 2.15. The van der Waals surface area contributed by atoms with Crippen LogP contribution in [0.5, 0.6) is 0 Å². The van der Waals surface area contributed by atoms with E-state index in [1.54, 1.807) is 0 Å². The maximum atomic E-state index is 4.41. The molecule has 2 heteroatoms. The van der Waals surface area contributed by atoms with Crippen LogP contribution < -0.4 is 5.32 Å². The number of para-hydroxylation sites is 1. The summed E-state index contributed by atoms with van der Waals surface area (Å²) in [5.41, 5.74) is 2.77. The molecule has 1 aromatic carbocycles. The Morgan fingerprint density at radius 2 is 2.07 bits per heavy atom. The summed E-state index contributed by atoms with van der Waals surface area (Å²) in [6.07, 6.45) is 5.91. The molecule has 0 bridgehead atoms. The van der Waals surface area contributed by atoms with Crippen molar-refractivity contribution < 1.29 is 5.32 Å². The second kappa shape index (κ2) is 3.99. The van der Waals surface area contributed by atoms with Gasteiger partial charge in [-0.1, -0.05) is 32.0 Å². The van der Waals surface area contributed by atoms with Crippen molar-refractivity contribution in [1.82, 2.24) is 0 Å². The Balaban J connectivity index is 2.49. The molecule has 0 saturated carbocycles. The van der Waals surface area contributed by atoms with E-state index in [1.165, 1.54) is 11.3 Å². The third-order valence-corrected chi connectivity index (χ3v) is 2.75. The fraction of sp³-hybridized carbons (Fsp3) is 0.308. The van der Waals surface area contributed by atoms with Crippen molar-refractivity contribution in [3.63, 3.8) is 0 Å². The van der Waals surface area contributed by atoms with Gasteiger partial charge in [0.1, 0.15) is 5.69 Å². The molecule has 15 heavy (non-hydrogen) atoms. The van der Waals surface area contributed by atoms with Gasteiger partial charge >= 0.3 is 0 Å². The van der Waals surface area contributed by atoms with Crippen molar-refractivity contribution in [3.05, 3.63) is 42.1 Å². The molecule has 78 valence electrons. The summed E-state index contributed by atoms with van der Waals surface area (Å²) in [5.74, 6) is 0. The van der Waals surface area contributed by atoms with Gasteiger partial charge in [0.05, 0.1) is 6.20 Å². The third-order valence-electron chi connectivity index (χ3n) is 2.75. The van der Waals surface area contributed by atoms with Gasteiger partial charge in [-0.05, 0) is 6.07 Å². The molecule has 0 amide bonds. The van der Waals surface area contributed by atoms with Crippen LogP contribution in [0.15, 0.2) is 41.5 Å². The normalized spacial score (nSPS) is 20.9. The molecular formula is C13H17N2+. The van der Waals surface area contributed by atoms with E-state index < -0.39 is 0 Å². The Bertz CT molecular complexity index is 403. The molecule has 0 aliphatic carbocycles. The zero-order valence-corrected chi connectivity index (χ0v) is 9.27. The molecule has 2 rings (SSSR count). The Morgan fingerprint density at radius 3 is 2.93 bits per heavy atom. The van der Waals surface area contributed by atoms with E-state index in [0.717, 1.165) is 6.54 Å². The van der Waals surface area contributed by atoms with E-state index in [1.807, 2.05) is 18.5 Å². The molecule has 0 saturated heterocycles. The Kier molecular flexibility index (Phi) is 2.69. The molecule has 2 N–H and O–H groups in total. The fourth-order valence-corrected chi connectivity index (χ4v) is 1.89. The maximum Gasteiger partial charge on any atom is 0.137 e. The number of benzene rings is 1. The average Bonchev–Trinajstić information content (AvgIpc) is 2.29. The number of aliphatic imine (C=N–C) groups is 1. The first-order chi connectivity index (χ1) is 7.20. The first-order valence-corrected chi connectivity index (χ1v) is 5.29. The summed E-state index contributed by atoms with van der Waals surface area (Å²) >= 11 is 0. The first kappa shape index (κ1) is 10.1. The standard InChI is InChI=1S/C13H16N2/c1-13(2)10-14-8-5-9-15-12-7-4-3-6-11(12)13/h3-9,15H,10H2,1-2H3/p+1/b9-5-,14-8?. The Hall–Kier alpha value is -1.41. The highest BCUT2D eigenvalue weighted by molar-refractivity contribution is 5.70. The third kappa shape index (κ3) is 2.16. The number of allylic oxidation sites excluding steroid dienone is 1. The molecular weight excluding hydrogens is 184 g/mol.